The Balaban J connectivity index is 1.31. The maximum atomic E-state index is 12.8. The van der Waals surface area contributed by atoms with Crippen LogP contribution in [0.25, 0.3) is 0 Å². The van der Waals surface area contributed by atoms with Gasteiger partial charge in [-0.25, -0.2) is 4.98 Å². The van der Waals surface area contributed by atoms with Crippen LogP contribution in [-0.4, -0.2) is 58.7 Å². The fourth-order valence-corrected chi connectivity index (χ4v) is 4.83. The summed E-state index contributed by atoms with van der Waals surface area (Å²) >= 11 is 0. The number of ether oxygens (including phenoxy) is 1. The van der Waals surface area contributed by atoms with Gasteiger partial charge in [0.1, 0.15) is 0 Å². The first-order valence-corrected chi connectivity index (χ1v) is 11.6. The smallest absolute Gasteiger partial charge is 0.225 e. The lowest BCUT2D eigenvalue weighted by molar-refractivity contribution is -0.137. The number of amides is 1. The number of hydrogen-bond acceptors (Lipinski definition) is 7. The predicted molar refractivity (Wildman–Crippen MR) is 118 cm³/mol. The van der Waals surface area contributed by atoms with Gasteiger partial charge in [-0.05, 0) is 64.7 Å². The first-order chi connectivity index (χ1) is 14.5. The summed E-state index contributed by atoms with van der Waals surface area (Å²) in [5.74, 6) is 1.83. The van der Waals surface area contributed by atoms with E-state index in [4.69, 9.17) is 10.5 Å². The van der Waals surface area contributed by atoms with Crippen LogP contribution in [0.4, 0.5) is 17.5 Å². The summed E-state index contributed by atoms with van der Waals surface area (Å²) in [5.41, 5.74) is 6.65. The average molecular weight is 417 g/mol. The zero-order chi connectivity index (χ0) is 21.0. The van der Waals surface area contributed by atoms with Gasteiger partial charge in [0.25, 0.3) is 0 Å². The molecule has 4 rings (SSSR count). The van der Waals surface area contributed by atoms with E-state index in [0.717, 1.165) is 77.7 Å². The molecule has 1 amide bonds. The van der Waals surface area contributed by atoms with Gasteiger partial charge in [0.15, 0.2) is 5.82 Å². The molecular weight excluding hydrogens is 380 g/mol. The summed E-state index contributed by atoms with van der Waals surface area (Å²) in [6, 6.07) is 0.291. The van der Waals surface area contributed by atoms with Crippen molar-refractivity contribution in [1.82, 2.24) is 14.9 Å². The van der Waals surface area contributed by atoms with Gasteiger partial charge in [0, 0.05) is 43.8 Å². The summed E-state index contributed by atoms with van der Waals surface area (Å²) < 4.78 is 5.47. The Bertz CT molecular complexity index is 722. The highest BCUT2D eigenvalue weighted by molar-refractivity contribution is 5.79. The molecule has 2 aliphatic heterocycles. The molecule has 2 saturated heterocycles. The van der Waals surface area contributed by atoms with Crippen molar-refractivity contribution in [1.29, 1.82) is 0 Å². The Kier molecular flexibility index (Phi) is 6.61. The molecule has 30 heavy (non-hydrogen) atoms. The number of carbonyl (C=O) groups is 1. The van der Waals surface area contributed by atoms with E-state index >= 15 is 0 Å². The summed E-state index contributed by atoms with van der Waals surface area (Å²) in [6.45, 7) is 5.57. The number of carbonyl (C=O) groups excluding carboxylic acids is 1. The number of nitrogens with one attached hydrogen (secondary N) is 2. The fraction of sp³-hybridized carbons (Fsp3) is 0.773. The van der Waals surface area contributed by atoms with E-state index in [9.17, 15) is 4.79 Å². The maximum Gasteiger partial charge on any atom is 0.225 e. The molecule has 0 aromatic carbocycles. The zero-order valence-corrected chi connectivity index (χ0v) is 18.2. The minimum atomic E-state index is -0.0570. The van der Waals surface area contributed by atoms with E-state index in [1.165, 1.54) is 6.42 Å². The molecule has 0 spiro atoms. The molecule has 0 bridgehead atoms. The van der Waals surface area contributed by atoms with Crippen LogP contribution >= 0.6 is 0 Å². The standard InChI is InChI=1S/C22H36N6O2/c1-22(9-13-30-14-10-22)27-21-24-15-18(23)19(26-21)25-17-7-5-16(6-8-17)20(29)28-11-3-2-4-12-28/h15-17H,2-14,23H2,1H3,(H2,24,25,26,27). The Labute approximate surface area is 179 Å². The SMILES string of the molecule is CC1(Nc2ncc(N)c(NC3CCC(C(=O)N4CCCCC4)CC3)n2)CCOCC1. The maximum absolute atomic E-state index is 12.8. The first kappa shape index (κ1) is 21.2. The Morgan fingerprint density at radius 3 is 2.57 bits per heavy atom. The van der Waals surface area contributed by atoms with Crippen LogP contribution in [0.3, 0.4) is 0 Å². The van der Waals surface area contributed by atoms with Crippen LogP contribution in [0, 0.1) is 5.92 Å². The third-order valence-corrected chi connectivity index (χ3v) is 6.91. The molecular formula is C22H36N6O2. The second-order valence-electron chi connectivity index (χ2n) is 9.37. The molecule has 4 N–H and O–H groups in total. The van der Waals surface area contributed by atoms with Gasteiger partial charge in [-0.3, -0.25) is 4.79 Å². The summed E-state index contributed by atoms with van der Waals surface area (Å²) in [4.78, 5) is 23.9. The van der Waals surface area contributed by atoms with E-state index in [2.05, 4.69) is 32.4 Å². The van der Waals surface area contributed by atoms with Gasteiger partial charge < -0.3 is 26.0 Å². The van der Waals surface area contributed by atoms with E-state index in [0.29, 0.717) is 29.4 Å². The number of nitrogen functional groups attached to an aromatic ring is 1. The van der Waals surface area contributed by atoms with Crippen molar-refractivity contribution in [3.8, 4) is 0 Å². The first-order valence-electron chi connectivity index (χ1n) is 11.6. The average Bonchev–Trinajstić information content (AvgIpc) is 2.77. The zero-order valence-electron chi connectivity index (χ0n) is 18.2. The molecule has 1 aliphatic carbocycles. The largest absolute Gasteiger partial charge is 0.394 e. The Hall–Kier alpha value is -2.09. The molecule has 0 atom stereocenters. The summed E-state index contributed by atoms with van der Waals surface area (Å²) in [7, 11) is 0. The quantitative estimate of drug-likeness (QED) is 0.677. The van der Waals surface area contributed by atoms with E-state index in [-0.39, 0.29) is 11.5 Å². The Morgan fingerprint density at radius 2 is 1.87 bits per heavy atom. The van der Waals surface area contributed by atoms with E-state index < -0.39 is 0 Å². The molecule has 1 aromatic heterocycles. The molecule has 8 heteroatoms. The second kappa shape index (κ2) is 9.37. The lowest BCUT2D eigenvalue weighted by Crippen LogP contribution is -2.42. The third-order valence-electron chi connectivity index (χ3n) is 6.91. The van der Waals surface area contributed by atoms with Crippen molar-refractivity contribution in [2.24, 2.45) is 5.92 Å². The van der Waals surface area contributed by atoms with Crippen molar-refractivity contribution in [3.05, 3.63) is 6.20 Å². The lowest BCUT2D eigenvalue weighted by Gasteiger charge is -2.35. The van der Waals surface area contributed by atoms with E-state index in [1.807, 2.05) is 0 Å². The van der Waals surface area contributed by atoms with Gasteiger partial charge in [0.2, 0.25) is 11.9 Å². The van der Waals surface area contributed by atoms with Gasteiger partial charge in [-0.2, -0.15) is 4.98 Å². The highest BCUT2D eigenvalue weighted by Crippen LogP contribution is 2.30. The number of aromatic nitrogens is 2. The van der Waals surface area contributed by atoms with Gasteiger partial charge in [-0.15, -0.1) is 0 Å². The predicted octanol–water partition coefficient (Wildman–Crippen LogP) is 3.02. The molecule has 3 heterocycles. The van der Waals surface area contributed by atoms with Crippen LogP contribution < -0.4 is 16.4 Å². The van der Waals surface area contributed by atoms with Crippen LogP contribution in [0.5, 0.6) is 0 Å². The molecule has 1 aromatic rings. The minimum absolute atomic E-state index is 0.0570. The molecule has 8 nitrogen and oxygen atoms in total. The molecule has 1 saturated carbocycles. The van der Waals surface area contributed by atoms with Crippen LogP contribution in [-0.2, 0) is 9.53 Å². The summed E-state index contributed by atoms with van der Waals surface area (Å²) in [6.07, 6.45) is 10.9. The number of nitrogens with zero attached hydrogens (tertiary/aromatic N) is 3. The number of piperidine rings is 1. The lowest BCUT2D eigenvalue weighted by atomic mass is 9.85. The van der Waals surface area contributed by atoms with Crippen molar-refractivity contribution >= 4 is 23.4 Å². The monoisotopic (exact) mass is 416 g/mol. The highest BCUT2D eigenvalue weighted by atomic mass is 16.5. The Morgan fingerprint density at radius 1 is 1.17 bits per heavy atom. The van der Waals surface area contributed by atoms with Crippen molar-refractivity contribution < 1.29 is 9.53 Å². The molecule has 3 fully saturated rings. The number of nitrogens with two attached hydrogens (primary N) is 1. The van der Waals surface area contributed by atoms with Crippen molar-refractivity contribution in [3.63, 3.8) is 0 Å². The third kappa shape index (κ3) is 5.14. The van der Waals surface area contributed by atoms with Crippen molar-refractivity contribution in [2.45, 2.75) is 76.3 Å². The topological polar surface area (TPSA) is 105 Å². The van der Waals surface area contributed by atoms with Gasteiger partial charge in [-0.1, -0.05) is 0 Å². The summed E-state index contributed by atoms with van der Waals surface area (Å²) in [5, 5.41) is 6.99. The number of rotatable bonds is 5. The fourth-order valence-electron chi connectivity index (χ4n) is 4.83. The van der Waals surface area contributed by atoms with Crippen LogP contribution in [0.2, 0.25) is 0 Å². The van der Waals surface area contributed by atoms with Crippen LogP contribution in [0.1, 0.15) is 64.7 Å². The number of anilines is 3. The minimum Gasteiger partial charge on any atom is -0.394 e. The molecule has 3 aliphatic rings. The van der Waals surface area contributed by atoms with Crippen LogP contribution in [0.15, 0.2) is 6.20 Å². The number of likely N-dealkylation sites (tertiary alicyclic amines) is 1. The second-order valence-corrected chi connectivity index (χ2v) is 9.37. The van der Waals surface area contributed by atoms with Gasteiger partial charge >= 0.3 is 0 Å². The molecule has 166 valence electrons. The van der Waals surface area contributed by atoms with Gasteiger partial charge in [0.05, 0.1) is 11.9 Å². The van der Waals surface area contributed by atoms with E-state index in [1.54, 1.807) is 6.20 Å². The van der Waals surface area contributed by atoms with Crippen molar-refractivity contribution in [2.75, 3.05) is 42.7 Å². The number of hydrogen-bond donors (Lipinski definition) is 3. The highest BCUT2D eigenvalue weighted by Gasteiger charge is 2.31. The molecule has 0 radical (unpaired) electrons. The molecule has 0 unspecified atom stereocenters. The normalized spacial score (nSPS) is 26.8.